The monoisotopic (exact) mass is 445 g/mol. The van der Waals surface area contributed by atoms with Crippen molar-refractivity contribution in [3.8, 4) is 0 Å². The summed E-state index contributed by atoms with van der Waals surface area (Å²) in [6.07, 6.45) is -0.692. The summed E-state index contributed by atoms with van der Waals surface area (Å²) in [4.78, 5) is 59.5. The fraction of sp³-hybridized carbons (Fsp3) is 0.421. The third kappa shape index (κ3) is 8.21. The maximum absolute atomic E-state index is 12.3. The molecule has 0 saturated heterocycles. The van der Waals surface area contributed by atoms with Crippen molar-refractivity contribution in [1.29, 1.82) is 0 Å². The van der Waals surface area contributed by atoms with Gasteiger partial charge in [0.05, 0.1) is 31.4 Å². The van der Waals surface area contributed by atoms with E-state index in [0.29, 0.717) is 10.7 Å². The summed E-state index contributed by atoms with van der Waals surface area (Å²) in [5, 5.41) is 3.27. The van der Waals surface area contributed by atoms with Crippen molar-refractivity contribution in [2.45, 2.75) is 32.1 Å². The number of halogens is 2. The molecule has 0 saturated carbocycles. The topological polar surface area (TPSA) is 116 Å². The molecule has 1 unspecified atom stereocenters. The number of nitrogens with one attached hydrogen (secondary N) is 1. The minimum Gasteiger partial charge on any atom is -0.469 e. The number of hydrogen-bond donors (Lipinski definition) is 1. The van der Waals surface area contributed by atoms with Gasteiger partial charge in [0.1, 0.15) is 0 Å². The molecule has 0 radical (unpaired) electrons. The molecule has 0 heterocycles. The quantitative estimate of drug-likeness (QED) is 0.410. The number of methoxy groups -OCH3 is 2. The van der Waals surface area contributed by atoms with E-state index >= 15 is 0 Å². The number of carbonyl (C=O) groups excluding carboxylic acids is 5. The summed E-state index contributed by atoms with van der Waals surface area (Å²) in [6, 6.07) is 4.58. The van der Waals surface area contributed by atoms with Gasteiger partial charge in [-0.3, -0.25) is 24.0 Å². The molecule has 10 heteroatoms. The number of benzene rings is 1. The number of ether oxygens (including phenoxy) is 2. The lowest BCUT2D eigenvalue weighted by Crippen LogP contribution is -2.33. The Labute approximate surface area is 177 Å². The van der Waals surface area contributed by atoms with Crippen LogP contribution < -0.4 is 5.32 Å². The molecule has 1 amide bonds. The van der Waals surface area contributed by atoms with Gasteiger partial charge in [-0.1, -0.05) is 23.2 Å². The van der Waals surface area contributed by atoms with Crippen molar-refractivity contribution in [3.63, 3.8) is 0 Å². The molecule has 0 bridgehead atoms. The van der Waals surface area contributed by atoms with E-state index in [2.05, 4.69) is 14.8 Å². The van der Waals surface area contributed by atoms with Crippen LogP contribution in [0.2, 0.25) is 10.0 Å². The van der Waals surface area contributed by atoms with E-state index in [-0.39, 0.29) is 37.1 Å². The molecule has 0 aliphatic heterocycles. The largest absolute Gasteiger partial charge is 0.469 e. The van der Waals surface area contributed by atoms with E-state index in [4.69, 9.17) is 23.2 Å². The highest BCUT2D eigenvalue weighted by Gasteiger charge is 2.34. The minimum atomic E-state index is -1.63. The number of esters is 2. The lowest BCUT2D eigenvalue weighted by molar-refractivity contribution is -0.154. The van der Waals surface area contributed by atoms with Crippen LogP contribution in [0.4, 0.5) is 5.69 Å². The highest BCUT2D eigenvalue weighted by Crippen LogP contribution is 2.25. The molecule has 1 N–H and O–H groups in total. The predicted molar refractivity (Wildman–Crippen MR) is 106 cm³/mol. The Morgan fingerprint density at radius 1 is 0.931 bits per heavy atom. The van der Waals surface area contributed by atoms with Crippen LogP contribution >= 0.6 is 23.2 Å². The third-order valence-electron chi connectivity index (χ3n) is 3.92. The molecule has 0 aromatic heterocycles. The van der Waals surface area contributed by atoms with E-state index in [1.165, 1.54) is 6.07 Å². The van der Waals surface area contributed by atoms with E-state index < -0.39 is 35.3 Å². The lowest BCUT2D eigenvalue weighted by atomic mass is 9.92. The Kier molecular flexibility index (Phi) is 10.3. The van der Waals surface area contributed by atoms with Gasteiger partial charge in [0.15, 0.2) is 17.5 Å². The molecule has 29 heavy (non-hydrogen) atoms. The number of Topliss-reactive ketones (excluding diaryl/α,β-unsaturated/α-hetero) is 2. The van der Waals surface area contributed by atoms with Crippen LogP contribution in [0.15, 0.2) is 18.2 Å². The van der Waals surface area contributed by atoms with E-state index in [0.717, 1.165) is 14.2 Å². The van der Waals surface area contributed by atoms with Crippen LogP contribution in [0.25, 0.3) is 0 Å². The predicted octanol–water partition coefficient (Wildman–Crippen LogP) is 2.98. The zero-order chi connectivity index (χ0) is 22.0. The molecule has 0 fully saturated rings. The average molecular weight is 446 g/mol. The first-order valence-corrected chi connectivity index (χ1v) is 9.40. The van der Waals surface area contributed by atoms with E-state index in [9.17, 15) is 24.0 Å². The lowest BCUT2D eigenvalue weighted by Gasteiger charge is -2.12. The van der Waals surface area contributed by atoms with Gasteiger partial charge >= 0.3 is 11.9 Å². The van der Waals surface area contributed by atoms with Crippen LogP contribution in [0.3, 0.4) is 0 Å². The second-order valence-corrected chi connectivity index (χ2v) is 6.83. The van der Waals surface area contributed by atoms with Crippen molar-refractivity contribution in [2.75, 3.05) is 19.5 Å². The van der Waals surface area contributed by atoms with Crippen molar-refractivity contribution in [2.24, 2.45) is 5.92 Å². The first kappa shape index (κ1) is 24.6. The molecular formula is C19H21Cl2NO7. The fourth-order valence-electron chi connectivity index (χ4n) is 2.40. The zero-order valence-electron chi connectivity index (χ0n) is 16.0. The van der Waals surface area contributed by atoms with E-state index in [1.807, 2.05) is 0 Å². The Hall–Kier alpha value is -2.45. The summed E-state index contributed by atoms with van der Waals surface area (Å²) >= 11 is 11.8. The van der Waals surface area contributed by atoms with Crippen molar-refractivity contribution in [1.82, 2.24) is 0 Å². The molecule has 158 valence electrons. The molecule has 1 atom stereocenters. The summed E-state index contributed by atoms with van der Waals surface area (Å²) in [5.74, 6) is -5.06. The number of carbonyl (C=O) groups is 5. The number of hydrogen-bond acceptors (Lipinski definition) is 7. The van der Waals surface area contributed by atoms with Crippen molar-refractivity contribution < 1.29 is 33.4 Å². The first-order valence-electron chi connectivity index (χ1n) is 8.64. The van der Waals surface area contributed by atoms with Gasteiger partial charge in [0.2, 0.25) is 5.91 Å². The summed E-state index contributed by atoms with van der Waals surface area (Å²) in [7, 11) is 2.22. The second kappa shape index (κ2) is 12.2. The Balaban J connectivity index is 2.59. The van der Waals surface area contributed by atoms with Crippen LogP contribution in [-0.4, -0.2) is 43.6 Å². The van der Waals surface area contributed by atoms with Gasteiger partial charge < -0.3 is 14.8 Å². The maximum atomic E-state index is 12.3. The van der Waals surface area contributed by atoms with Crippen LogP contribution in [0.1, 0.15) is 32.1 Å². The molecule has 1 aromatic carbocycles. The first-order chi connectivity index (χ1) is 13.7. The standard InChI is InChI=1S/C19H21Cl2NO7/c1-28-17(26)9-8-15(24)18(19(27)29-2)14(23)4-3-5-16(25)22-13-7-6-11(20)10-12(13)21/h6-7,10,18H,3-5,8-9H2,1-2H3,(H,22,25). The van der Waals surface area contributed by atoms with Crippen molar-refractivity contribution in [3.05, 3.63) is 28.2 Å². The Morgan fingerprint density at radius 3 is 2.17 bits per heavy atom. The molecule has 0 aliphatic carbocycles. The Morgan fingerprint density at radius 2 is 1.59 bits per heavy atom. The summed E-state index contributed by atoms with van der Waals surface area (Å²) in [5.41, 5.74) is 0.373. The fourth-order valence-corrected chi connectivity index (χ4v) is 2.86. The van der Waals surface area contributed by atoms with Gasteiger partial charge in [0, 0.05) is 24.3 Å². The number of ketones is 2. The average Bonchev–Trinajstić information content (AvgIpc) is 2.68. The van der Waals surface area contributed by atoms with Gasteiger partial charge in [-0.2, -0.15) is 0 Å². The highest BCUT2D eigenvalue weighted by molar-refractivity contribution is 6.36. The van der Waals surface area contributed by atoms with Gasteiger partial charge in [-0.05, 0) is 24.6 Å². The van der Waals surface area contributed by atoms with Crippen molar-refractivity contribution >= 4 is 58.3 Å². The second-order valence-electron chi connectivity index (χ2n) is 5.99. The summed E-state index contributed by atoms with van der Waals surface area (Å²) in [6.45, 7) is 0. The molecule has 1 aromatic rings. The molecule has 0 aliphatic rings. The van der Waals surface area contributed by atoms with Crippen LogP contribution in [0.5, 0.6) is 0 Å². The molecule has 1 rings (SSSR count). The molecular weight excluding hydrogens is 425 g/mol. The zero-order valence-corrected chi connectivity index (χ0v) is 17.5. The van der Waals surface area contributed by atoms with Crippen LogP contribution in [-0.2, 0) is 33.4 Å². The third-order valence-corrected chi connectivity index (χ3v) is 4.46. The van der Waals surface area contributed by atoms with Gasteiger partial charge in [0.25, 0.3) is 0 Å². The summed E-state index contributed by atoms with van der Waals surface area (Å²) < 4.78 is 8.94. The highest BCUT2D eigenvalue weighted by atomic mass is 35.5. The molecule has 0 spiro atoms. The van der Waals surface area contributed by atoms with Gasteiger partial charge in [-0.25, -0.2) is 0 Å². The van der Waals surface area contributed by atoms with E-state index in [1.54, 1.807) is 12.1 Å². The number of amides is 1. The number of anilines is 1. The smallest absolute Gasteiger partial charge is 0.323 e. The SMILES string of the molecule is COC(=O)CCC(=O)C(C(=O)CCCC(=O)Nc1ccc(Cl)cc1Cl)C(=O)OC. The number of rotatable bonds is 11. The normalized spacial score (nSPS) is 11.3. The molecule has 8 nitrogen and oxygen atoms in total. The maximum Gasteiger partial charge on any atom is 0.323 e. The van der Waals surface area contributed by atoms with Gasteiger partial charge in [-0.15, -0.1) is 0 Å². The minimum absolute atomic E-state index is 0.0328. The van der Waals surface area contributed by atoms with Crippen LogP contribution in [0, 0.1) is 5.92 Å². The Bertz CT molecular complexity index is 795.